The smallest absolute Gasteiger partial charge is 0.142 e. The lowest BCUT2D eigenvalue weighted by atomic mass is 9.89. The predicted octanol–water partition coefficient (Wildman–Crippen LogP) is 2.74. The fraction of sp³-hybridized carbons (Fsp3) is 0.933. The quantitative estimate of drug-likeness (QED) is 0.700. The van der Waals surface area contributed by atoms with Crippen molar-refractivity contribution in [1.82, 2.24) is 4.90 Å². The molecule has 0 heterocycles. The summed E-state index contributed by atoms with van der Waals surface area (Å²) in [6, 6.07) is 0.525. The molecule has 0 spiro atoms. The Balaban J connectivity index is 2.58. The Morgan fingerprint density at radius 1 is 1.50 bits per heavy atom. The van der Waals surface area contributed by atoms with E-state index in [1.165, 1.54) is 0 Å². The van der Waals surface area contributed by atoms with E-state index in [1.807, 2.05) is 0 Å². The first-order valence-corrected chi connectivity index (χ1v) is 7.19. The number of Topliss-reactive ketones (excluding diaryl/α,β-unsaturated/α-hetero) is 1. The normalized spacial score (nSPS) is 24.8. The van der Waals surface area contributed by atoms with E-state index >= 15 is 0 Å². The molecule has 0 radical (unpaired) electrons. The van der Waals surface area contributed by atoms with Crippen molar-refractivity contribution < 1.29 is 9.53 Å². The summed E-state index contributed by atoms with van der Waals surface area (Å²) in [6.07, 6.45) is 3.20. The zero-order valence-corrected chi connectivity index (χ0v) is 12.7. The van der Waals surface area contributed by atoms with Gasteiger partial charge in [-0.2, -0.15) is 0 Å². The molecule has 0 aliphatic heterocycles. The average Bonchev–Trinajstić information content (AvgIpc) is 2.60. The van der Waals surface area contributed by atoms with Crippen LogP contribution in [0.3, 0.4) is 0 Å². The van der Waals surface area contributed by atoms with E-state index in [0.717, 1.165) is 39.0 Å². The summed E-state index contributed by atoms with van der Waals surface area (Å²) in [6.45, 7) is 11.2. The molecule has 0 N–H and O–H groups in total. The van der Waals surface area contributed by atoms with Gasteiger partial charge in [-0.1, -0.05) is 20.8 Å². The number of nitrogens with zero attached hydrogens (tertiary/aromatic N) is 1. The van der Waals surface area contributed by atoms with Gasteiger partial charge in [-0.25, -0.2) is 0 Å². The van der Waals surface area contributed by atoms with Gasteiger partial charge in [0.1, 0.15) is 5.78 Å². The first-order valence-electron chi connectivity index (χ1n) is 7.19. The highest BCUT2D eigenvalue weighted by Gasteiger charge is 2.40. The van der Waals surface area contributed by atoms with E-state index in [0.29, 0.717) is 11.8 Å². The maximum absolute atomic E-state index is 12.3. The van der Waals surface area contributed by atoms with Gasteiger partial charge in [0.2, 0.25) is 0 Å². The average molecular weight is 255 g/mol. The van der Waals surface area contributed by atoms with Crippen molar-refractivity contribution in [2.75, 3.05) is 26.8 Å². The molecule has 2 unspecified atom stereocenters. The van der Waals surface area contributed by atoms with E-state index in [1.54, 1.807) is 7.11 Å². The molecule has 1 saturated carbocycles. The van der Waals surface area contributed by atoms with E-state index < -0.39 is 0 Å². The number of hydrogen-bond donors (Lipinski definition) is 0. The molecule has 0 aromatic heterocycles. The van der Waals surface area contributed by atoms with Gasteiger partial charge in [-0.05, 0) is 26.2 Å². The zero-order chi connectivity index (χ0) is 13.8. The van der Waals surface area contributed by atoms with Crippen LogP contribution in [0, 0.1) is 11.3 Å². The second kappa shape index (κ2) is 6.67. The van der Waals surface area contributed by atoms with Gasteiger partial charge in [-0.3, -0.25) is 9.69 Å². The highest BCUT2D eigenvalue weighted by molar-refractivity contribution is 5.88. The number of carbonyl (C=O) groups is 1. The zero-order valence-electron chi connectivity index (χ0n) is 12.7. The molecule has 3 heteroatoms. The SMILES string of the molecule is CCC(C)N(CCOC)CC1CCC(C)(C)C1=O. The number of ether oxygens (including phenoxy) is 1. The highest BCUT2D eigenvalue weighted by atomic mass is 16.5. The Morgan fingerprint density at radius 2 is 2.17 bits per heavy atom. The molecule has 1 rings (SSSR count). The van der Waals surface area contributed by atoms with Crippen LogP contribution in [0.5, 0.6) is 0 Å². The van der Waals surface area contributed by atoms with Gasteiger partial charge >= 0.3 is 0 Å². The Hall–Kier alpha value is -0.410. The van der Waals surface area contributed by atoms with Crippen molar-refractivity contribution in [2.24, 2.45) is 11.3 Å². The first kappa shape index (κ1) is 15.6. The summed E-state index contributed by atoms with van der Waals surface area (Å²) in [7, 11) is 1.73. The largest absolute Gasteiger partial charge is 0.383 e. The van der Waals surface area contributed by atoms with Crippen LogP contribution in [0.25, 0.3) is 0 Å². The van der Waals surface area contributed by atoms with Gasteiger partial charge in [0.05, 0.1) is 6.61 Å². The van der Waals surface area contributed by atoms with Crippen molar-refractivity contribution in [2.45, 2.75) is 53.0 Å². The molecule has 0 saturated heterocycles. The van der Waals surface area contributed by atoms with Crippen LogP contribution in [-0.4, -0.2) is 43.5 Å². The molecule has 0 aromatic rings. The van der Waals surface area contributed by atoms with Crippen LogP contribution in [0.4, 0.5) is 0 Å². The van der Waals surface area contributed by atoms with Crippen molar-refractivity contribution in [3.05, 3.63) is 0 Å². The predicted molar refractivity (Wildman–Crippen MR) is 74.7 cm³/mol. The molecular weight excluding hydrogens is 226 g/mol. The fourth-order valence-corrected chi connectivity index (χ4v) is 2.76. The van der Waals surface area contributed by atoms with Crippen LogP contribution in [0.2, 0.25) is 0 Å². The monoisotopic (exact) mass is 255 g/mol. The number of carbonyl (C=O) groups excluding carboxylic acids is 1. The van der Waals surface area contributed by atoms with Crippen LogP contribution < -0.4 is 0 Å². The van der Waals surface area contributed by atoms with Crippen LogP contribution >= 0.6 is 0 Å². The molecule has 0 aromatic carbocycles. The molecule has 1 aliphatic carbocycles. The van der Waals surface area contributed by atoms with Crippen LogP contribution in [-0.2, 0) is 9.53 Å². The summed E-state index contributed by atoms with van der Waals surface area (Å²) >= 11 is 0. The maximum Gasteiger partial charge on any atom is 0.142 e. The van der Waals surface area contributed by atoms with E-state index in [-0.39, 0.29) is 11.3 Å². The summed E-state index contributed by atoms with van der Waals surface area (Å²) in [5.41, 5.74) is -0.104. The summed E-state index contributed by atoms with van der Waals surface area (Å²) < 4.78 is 5.17. The van der Waals surface area contributed by atoms with E-state index in [4.69, 9.17) is 4.74 Å². The molecule has 1 aliphatic rings. The third kappa shape index (κ3) is 3.79. The molecule has 0 amide bonds. The summed E-state index contributed by atoms with van der Waals surface area (Å²) in [5, 5.41) is 0. The fourth-order valence-electron chi connectivity index (χ4n) is 2.76. The third-order valence-electron chi connectivity index (χ3n) is 4.41. The van der Waals surface area contributed by atoms with E-state index in [9.17, 15) is 4.79 Å². The number of methoxy groups -OCH3 is 1. The second-order valence-corrected chi connectivity index (χ2v) is 6.23. The lowest BCUT2D eigenvalue weighted by Gasteiger charge is -2.30. The maximum atomic E-state index is 12.3. The molecular formula is C15H29NO2. The van der Waals surface area contributed by atoms with Gasteiger partial charge in [0.25, 0.3) is 0 Å². The Bertz CT molecular complexity index is 276. The second-order valence-electron chi connectivity index (χ2n) is 6.23. The van der Waals surface area contributed by atoms with Crippen LogP contribution in [0.15, 0.2) is 0 Å². The Morgan fingerprint density at radius 3 is 2.61 bits per heavy atom. The van der Waals surface area contributed by atoms with Gasteiger partial charge in [0.15, 0.2) is 0 Å². The molecule has 0 bridgehead atoms. The van der Waals surface area contributed by atoms with Gasteiger partial charge < -0.3 is 4.74 Å². The summed E-state index contributed by atoms with van der Waals surface area (Å²) in [5.74, 6) is 0.680. The number of hydrogen-bond acceptors (Lipinski definition) is 3. The molecule has 2 atom stereocenters. The lowest BCUT2D eigenvalue weighted by molar-refractivity contribution is -0.128. The van der Waals surface area contributed by atoms with Gasteiger partial charge in [-0.15, -0.1) is 0 Å². The molecule has 3 nitrogen and oxygen atoms in total. The van der Waals surface area contributed by atoms with Crippen molar-refractivity contribution in [3.8, 4) is 0 Å². The molecule has 106 valence electrons. The number of ketones is 1. The Kier molecular flexibility index (Phi) is 5.80. The van der Waals surface area contributed by atoms with Crippen molar-refractivity contribution in [1.29, 1.82) is 0 Å². The summed E-state index contributed by atoms with van der Waals surface area (Å²) in [4.78, 5) is 14.7. The third-order valence-corrected chi connectivity index (χ3v) is 4.41. The first-order chi connectivity index (χ1) is 8.42. The van der Waals surface area contributed by atoms with Crippen molar-refractivity contribution >= 4 is 5.78 Å². The highest BCUT2D eigenvalue weighted by Crippen LogP contribution is 2.38. The topological polar surface area (TPSA) is 29.5 Å². The van der Waals surface area contributed by atoms with E-state index in [2.05, 4.69) is 32.6 Å². The minimum atomic E-state index is -0.104. The minimum absolute atomic E-state index is 0.104. The molecule has 1 fully saturated rings. The minimum Gasteiger partial charge on any atom is -0.383 e. The van der Waals surface area contributed by atoms with Crippen LogP contribution in [0.1, 0.15) is 47.0 Å². The van der Waals surface area contributed by atoms with Crippen molar-refractivity contribution in [3.63, 3.8) is 0 Å². The van der Waals surface area contributed by atoms with Gasteiger partial charge in [0, 0.05) is 37.6 Å². The Labute approximate surface area is 112 Å². The lowest BCUT2D eigenvalue weighted by Crippen LogP contribution is -2.40. The number of rotatable bonds is 7. The molecule has 18 heavy (non-hydrogen) atoms. The standard InChI is InChI=1S/C15H29NO2/c1-6-12(2)16(9-10-18-5)11-13-7-8-15(3,4)14(13)17/h12-13H,6-11H2,1-5H3.